The van der Waals surface area contributed by atoms with Crippen LogP contribution in [0.25, 0.3) is 22.3 Å². The molecule has 0 bridgehead atoms. The van der Waals surface area contributed by atoms with Gasteiger partial charge in [0.2, 0.25) is 9.84 Å². The summed E-state index contributed by atoms with van der Waals surface area (Å²) in [7, 11) is 0.223. The Morgan fingerprint density at radius 1 is 0.871 bits per heavy atom. The molecule has 0 unspecified atom stereocenters. The Morgan fingerprint density at radius 2 is 1.55 bits per heavy atom. The van der Waals surface area contributed by atoms with E-state index < -0.39 is 9.84 Å². The third kappa shape index (κ3) is 4.50. The molecule has 3 aromatic carbocycles. The summed E-state index contributed by atoms with van der Waals surface area (Å²) in [5.41, 5.74) is 1.26. The Bertz CT molecular complexity index is 1260. The summed E-state index contributed by atoms with van der Waals surface area (Å²) in [5.74, 6) is 1.00. The second kappa shape index (κ2) is 8.96. The second-order valence-electron chi connectivity index (χ2n) is 7.60. The van der Waals surface area contributed by atoms with Crippen LogP contribution in [-0.2, 0) is 9.84 Å². The first-order valence-corrected chi connectivity index (χ1v) is 11.6. The molecular weight excluding hydrogens is 410 g/mol. The number of para-hydroxylation sites is 1. The summed E-state index contributed by atoms with van der Waals surface area (Å²) >= 11 is 0. The minimum atomic E-state index is -3.81. The summed E-state index contributed by atoms with van der Waals surface area (Å²) in [5, 5.41) is 0.574. The van der Waals surface area contributed by atoms with Crippen LogP contribution in [-0.4, -0.2) is 40.6 Å². The molecule has 0 aliphatic carbocycles. The average Bonchev–Trinajstić information content (AvgIpc) is 3.18. The van der Waals surface area contributed by atoms with E-state index in [0.29, 0.717) is 29.1 Å². The second-order valence-corrected chi connectivity index (χ2v) is 9.49. The van der Waals surface area contributed by atoms with E-state index in [2.05, 4.69) is 4.90 Å². The van der Waals surface area contributed by atoms with Crippen LogP contribution in [0.3, 0.4) is 0 Å². The first-order chi connectivity index (χ1) is 15.0. The molecule has 0 N–H and O–H groups in total. The lowest BCUT2D eigenvalue weighted by atomic mass is 10.1. The molecular formula is C25H25NO4S. The topological polar surface area (TPSA) is 59.8 Å². The van der Waals surface area contributed by atoms with Gasteiger partial charge in [0.15, 0.2) is 5.76 Å². The monoisotopic (exact) mass is 435 g/mol. The summed E-state index contributed by atoms with van der Waals surface area (Å²) < 4.78 is 39.0. The van der Waals surface area contributed by atoms with E-state index in [4.69, 9.17) is 9.15 Å². The van der Waals surface area contributed by atoms with Crippen LogP contribution in [0.15, 0.2) is 93.1 Å². The average molecular weight is 436 g/mol. The maximum Gasteiger partial charge on any atom is 0.211 e. The minimum Gasteiger partial charge on any atom is -0.494 e. The fourth-order valence-corrected chi connectivity index (χ4v) is 5.06. The minimum absolute atomic E-state index is 0.189. The van der Waals surface area contributed by atoms with Crippen LogP contribution in [0.1, 0.15) is 6.42 Å². The molecule has 0 atom stereocenters. The van der Waals surface area contributed by atoms with E-state index in [1.807, 2.05) is 56.6 Å². The van der Waals surface area contributed by atoms with Crippen LogP contribution >= 0.6 is 0 Å². The molecule has 1 heterocycles. The fraction of sp³-hybridized carbons (Fsp3) is 0.200. The molecule has 0 aliphatic rings. The molecule has 5 nitrogen and oxygen atoms in total. The van der Waals surface area contributed by atoms with Crippen LogP contribution in [0, 0.1) is 0 Å². The lowest BCUT2D eigenvalue weighted by molar-refractivity contribution is 0.281. The van der Waals surface area contributed by atoms with Gasteiger partial charge >= 0.3 is 0 Å². The number of hydrogen-bond acceptors (Lipinski definition) is 5. The van der Waals surface area contributed by atoms with Crippen molar-refractivity contribution in [2.75, 3.05) is 27.2 Å². The lowest BCUT2D eigenvalue weighted by Gasteiger charge is -2.11. The van der Waals surface area contributed by atoms with Crippen LogP contribution in [0.4, 0.5) is 0 Å². The van der Waals surface area contributed by atoms with Crippen molar-refractivity contribution in [3.63, 3.8) is 0 Å². The smallest absolute Gasteiger partial charge is 0.211 e. The number of rotatable bonds is 8. The molecule has 160 valence electrons. The van der Waals surface area contributed by atoms with Gasteiger partial charge in [0.1, 0.15) is 16.2 Å². The Morgan fingerprint density at radius 3 is 2.26 bits per heavy atom. The van der Waals surface area contributed by atoms with E-state index in [0.717, 1.165) is 18.5 Å². The number of sulfone groups is 1. The molecule has 0 saturated heterocycles. The molecule has 0 radical (unpaired) electrons. The number of fused-ring (bicyclic) bond motifs is 1. The van der Waals surface area contributed by atoms with Crippen LogP contribution < -0.4 is 4.74 Å². The molecule has 0 aliphatic heterocycles. The molecule has 0 amide bonds. The van der Waals surface area contributed by atoms with E-state index in [1.54, 1.807) is 36.4 Å². The summed E-state index contributed by atoms with van der Waals surface area (Å²) in [6.45, 7) is 1.51. The Balaban J connectivity index is 1.69. The third-order valence-electron chi connectivity index (χ3n) is 5.01. The van der Waals surface area contributed by atoms with E-state index >= 15 is 0 Å². The Labute approximate surface area is 182 Å². The number of furan rings is 1. The molecule has 6 heteroatoms. The quantitative estimate of drug-likeness (QED) is 0.353. The molecule has 0 spiro atoms. The van der Waals surface area contributed by atoms with Crippen molar-refractivity contribution in [3.8, 4) is 17.1 Å². The van der Waals surface area contributed by atoms with Crippen molar-refractivity contribution in [1.29, 1.82) is 0 Å². The molecule has 0 fully saturated rings. The summed E-state index contributed by atoms with van der Waals surface area (Å²) in [4.78, 5) is 2.49. The number of benzene rings is 3. The van der Waals surface area contributed by atoms with Gasteiger partial charge in [-0.3, -0.25) is 0 Å². The van der Waals surface area contributed by atoms with Gasteiger partial charge in [-0.15, -0.1) is 0 Å². The van der Waals surface area contributed by atoms with Crippen molar-refractivity contribution < 1.29 is 17.6 Å². The summed E-state index contributed by atoms with van der Waals surface area (Å²) in [6.07, 6.45) is 0.897. The molecule has 4 rings (SSSR count). The highest BCUT2D eigenvalue weighted by Crippen LogP contribution is 2.39. The van der Waals surface area contributed by atoms with Gasteiger partial charge in [-0.2, -0.15) is 0 Å². The molecule has 0 saturated carbocycles. The maximum atomic E-state index is 13.6. The Hall–Kier alpha value is -3.09. The normalized spacial score (nSPS) is 11.8. The van der Waals surface area contributed by atoms with E-state index in [1.165, 1.54) is 0 Å². The Kier molecular flexibility index (Phi) is 6.11. The predicted octanol–water partition coefficient (Wildman–Crippen LogP) is 5.26. The standard InChI is InChI=1S/C25H25NO4S/c1-26(2)17-8-18-29-20-13-15-21(16-14-20)31(27,28)25-22-11-6-7-12-23(22)30-24(25)19-9-4-3-5-10-19/h3-7,9-16H,8,17-18H2,1-2H3. The first kappa shape index (κ1) is 21.2. The van der Waals surface area contributed by atoms with Crippen molar-refractivity contribution in [2.24, 2.45) is 0 Å². The van der Waals surface area contributed by atoms with Crippen molar-refractivity contribution >= 4 is 20.8 Å². The van der Waals surface area contributed by atoms with Crippen molar-refractivity contribution in [1.82, 2.24) is 4.90 Å². The highest BCUT2D eigenvalue weighted by atomic mass is 32.2. The predicted molar refractivity (Wildman–Crippen MR) is 122 cm³/mol. The molecule has 4 aromatic rings. The third-order valence-corrected chi connectivity index (χ3v) is 6.84. The fourth-order valence-electron chi connectivity index (χ4n) is 3.47. The highest BCUT2D eigenvalue weighted by Gasteiger charge is 2.28. The summed E-state index contributed by atoms with van der Waals surface area (Å²) in [6, 6.07) is 23.1. The van der Waals surface area contributed by atoms with Gasteiger partial charge in [-0.1, -0.05) is 42.5 Å². The van der Waals surface area contributed by atoms with Crippen molar-refractivity contribution in [2.45, 2.75) is 16.2 Å². The zero-order valence-electron chi connectivity index (χ0n) is 17.6. The molecule has 31 heavy (non-hydrogen) atoms. The van der Waals surface area contributed by atoms with Crippen molar-refractivity contribution in [3.05, 3.63) is 78.9 Å². The zero-order valence-corrected chi connectivity index (χ0v) is 18.4. The van der Waals surface area contributed by atoms with Gasteiger partial charge in [-0.25, -0.2) is 8.42 Å². The number of ether oxygens (including phenoxy) is 1. The van der Waals surface area contributed by atoms with E-state index in [9.17, 15) is 8.42 Å². The van der Waals surface area contributed by atoms with Gasteiger partial charge in [0.05, 0.1) is 11.5 Å². The van der Waals surface area contributed by atoms with Gasteiger partial charge in [0, 0.05) is 17.5 Å². The lowest BCUT2D eigenvalue weighted by Crippen LogP contribution is -2.15. The zero-order chi connectivity index (χ0) is 21.8. The maximum absolute atomic E-state index is 13.6. The van der Waals surface area contributed by atoms with Gasteiger partial charge < -0.3 is 14.1 Å². The van der Waals surface area contributed by atoms with Crippen LogP contribution in [0.5, 0.6) is 5.75 Å². The van der Waals surface area contributed by atoms with Crippen LogP contribution in [0.2, 0.25) is 0 Å². The number of nitrogens with zero attached hydrogens (tertiary/aromatic N) is 1. The molecule has 1 aromatic heterocycles. The van der Waals surface area contributed by atoms with E-state index in [-0.39, 0.29) is 9.79 Å². The highest BCUT2D eigenvalue weighted by molar-refractivity contribution is 7.91. The first-order valence-electron chi connectivity index (χ1n) is 10.2. The largest absolute Gasteiger partial charge is 0.494 e. The SMILES string of the molecule is CN(C)CCCOc1ccc(S(=O)(=O)c2c(-c3ccccc3)oc3ccccc23)cc1. The van der Waals surface area contributed by atoms with Gasteiger partial charge in [0.25, 0.3) is 0 Å². The van der Waals surface area contributed by atoms with Gasteiger partial charge in [-0.05, 0) is 56.9 Å². The number of hydrogen-bond donors (Lipinski definition) is 0.